The number of hydrogen-bond acceptors (Lipinski definition) is 2. The maximum absolute atomic E-state index is 11.6. The van der Waals surface area contributed by atoms with Crippen molar-refractivity contribution in [3.63, 3.8) is 0 Å². The quantitative estimate of drug-likeness (QED) is 0.718. The molecule has 1 amide bonds. The van der Waals surface area contributed by atoms with Gasteiger partial charge < -0.3 is 9.90 Å². The molecule has 0 aliphatic rings. The van der Waals surface area contributed by atoms with Crippen molar-refractivity contribution in [1.29, 1.82) is 0 Å². The second-order valence-corrected chi connectivity index (χ2v) is 5.01. The molecule has 0 N–H and O–H groups in total. The van der Waals surface area contributed by atoms with E-state index in [0.29, 0.717) is 16.4 Å². The Morgan fingerprint density at radius 1 is 0.905 bits per heavy atom. The molecule has 0 saturated carbocycles. The summed E-state index contributed by atoms with van der Waals surface area (Å²) < 4.78 is 0. The molecule has 3 nitrogen and oxygen atoms in total. The zero-order chi connectivity index (χ0) is 14.8. The number of nitrogens with zero attached hydrogens (tertiary/aromatic N) is 1. The number of carbonyl (C=O) groups is 1. The van der Waals surface area contributed by atoms with E-state index in [0.717, 1.165) is 15.7 Å². The van der Waals surface area contributed by atoms with Crippen LogP contribution < -0.4 is 10.0 Å². The van der Waals surface area contributed by atoms with E-state index in [1.54, 1.807) is 30.3 Å². The molecule has 0 spiro atoms. The van der Waals surface area contributed by atoms with Crippen molar-refractivity contribution in [1.82, 2.24) is 0 Å². The first kappa shape index (κ1) is 13.5. The van der Waals surface area contributed by atoms with E-state index in [-0.39, 0.29) is 0 Å². The van der Waals surface area contributed by atoms with Gasteiger partial charge in [0.05, 0.1) is 5.69 Å². The first-order valence-corrected chi connectivity index (χ1v) is 6.79. The highest BCUT2D eigenvalue weighted by molar-refractivity contribution is 6.30. The van der Waals surface area contributed by atoms with Crippen molar-refractivity contribution in [2.45, 2.75) is 0 Å². The van der Waals surface area contributed by atoms with Crippen LogP contribution >= 0.6 is 11.6 Å². The molecule has 3 rings (SSSR count). The molecule has 0 aliphatic heterocycles. The first-order valence-electron chi connectivity index (χ1n) is 6.41. The predicted molar refractivity (Wildman–Crippen MR) is 82.9 cm³/mol. The second-order valence-electron chi connectivity index (χ2n) is 4.58. The second kappa shape index (κ2) is 5.46. The van der Waals surface area contributed by atoms with Gasteiger partial charge in [-0.25, -0.2) is 0 Å². The molecule has 0 saturated heterocycles. The molecule has 0 unspecified atom stereocenters. The van der Waals surface area contributed by atoms with Crippen molar-refractivity contribution in [3.8, 4) is 0 Å². The lowest BCUT2D eigenvalue weighted by molar-refractivity contribution is -0.245. The van der Waals surface area contributed by atoms with Crippen LogP contribution in [0.2, 0.25) is 5.02 Å². The van der Waals surface area contributed by atoms with E-state index in [1.807, 2.05) is 36.4 Å². The summed E-state index contributed by atoms with van der Waals surface area (Å²) in [5, 5.41) is 14.0. The summed E-state index contributed by atoms with van der Waals surface area (Å²) in [5.41, 5.74) is 1.06. The van der Waals surface area contributed by atoms with Crippen LogP contribution in [-0.2, 0) is 0 Å². The minimum Gasteiger partial charge on any atom is -0.529 e. The van der Waals surface area contributed by atoms with Gasteiger partial charge in [-0.2, -0.15) is 0 Å². The summed E-state index contributed by atoms with van der Waals surface area (Å²) in [5.74, 6) is 0. The fraction of sp³-hybridized carbons (Fsp3) is 0. The number of anilines is 2. The minimum absolute atomic E-state index is 0.496. The molecule has 0 bridgehead atoms. The van der Waals surface area contributed by atoms with Gasteiger partial charge in [-0.15, -0.1) is 0 Å². The van der Waals surface area contributed by atoms with Crippen LogP contribution in [0, 0.1) is 0 Å². The molecule has 0 atom stereocenters. The van der Waals surface area contributed by atoms with Gasteiger partial charge in [0.2, 0.25) is 0 Å². The average Bonchev–Trinajstić information content (AvgIpc) is 2.49. The molecule has 0 aliphatic carbocycles. The number of carboxylic acid groups (broad SMARTS) is 1. The van der Waals surface area contributed by atoms with E-state index in [1.165, 1.54) is 0 Å². The van der Waals surface area contributed by atoms with E-state index in [9.17, 15) is 9.90 Å². The van der Waals surface area contributed by atoms with Gasteiger partial charge in [0.25, 0.3) is 0 Å². The van der Waals surface area contributed by atoms with Gasteiger partial charge in [-0.05, 0) is 35.7 Å². The molecule has 0 fully saturated rings. The van der Waals surface area contributed by atoms with Gasteiger partial charge in [-0.3, -0.25) is 4.90 Å². The van der Waals surface area contributed by atoms with E-state index < -0.39 is 6.09 Å². The highest BCUT2D eigenvalue weighted by Crippen LogP contribution is 2.32. The summed E-state index contributed by atoms with van der Waals surface area (Å²) in [6, 6.07) is 19.7. The van der Waals surface area contributed by atoms with Gasteiger partial charge in [-0.1, -0.05) is 48.0 Å². The molecular weight excluding hydrogens is 286 g/mol. The zero-order valence-corrected chi connectivity index (χ0v) is 11.7. The Kier molecular flexibility index (Phi) is 3.50. The van der Waals surface area contributed by atoms with E-state index in [4.69, 9.17) is 11.6 Å². The molecule has 0 heterocycles. The topological polar surface area (TPSA) is 43.4 Å². The Morgan fingerprint density at radius 2 is 1.57 bits per heavy atom. The minimum atomic E-state index is -1.28. The number of benzene rings is 3. The number of amides is 1. The van der Waals surface area contributed by atoms with Crippen molar-refractivity contribution in [2.75, 3.05) is 4.90 Å². The standard InChI is InChI=1S/C17H12ClNO2/c18-13-8-10-14(11-9-13)19(17(20)21)16-7-3-5-12-4-1-2-6-15(12)16/h1-11H,(H,20,21)/p-1. The number of rotatable bonds is 2. The van der Waals surface area contributed by atoms with Gasteiger partial charge in [0.15, 0.2) is 0 Å². The summed E-state index contributed by atoms with van der Waals surface area (Å²) in [6.07, 6.45) is -1.28. The lowest BCUT2D eigenvalue weighted by Crippen LogP contribution is -2.38. The lowest BCUT2D eigenvalue weighted by atomic mass is 10.1. The Balaban J connectivity index is 2.21. The van der Waals surface area contributed by atoms with Crippen LogP contribution in [0.5, 0.6) is 0 Å². The summed E-state index contributed by atoms with van der Waals surface area (Å²) in [6.45, 7) is 0. The Bertz CT molecular complexity index is 794. The number of halogens is 1. The third-order valence-corrected chi connectivity index (χ3v) is 3.53. The van der Waals surface area contributed by atoms with E-state index >= 15 is 0 Å². The maximum atomic E-state index is 11.6. The van der Waals surface area contributed by atoms with Crippen molar-refractivity contribution >= 4 is 39.8 Å². The van der Waals surface area contributed by atoms with Crippen molar-refractivity contribution < 1.29 is 9.90 Å². The molecular formula is C17H11ClNO2-. The summed E-state index contributed by atoms with van der Waals surface area (Å²) in [7, 11) is 0. The van der Waals surface area contributed by atoms with Crippen molar-refractivity contribution in [3.05, 3.63) is 71.8 Å². The highest BCUT2D eigenvalue weighted by atomic mass is 35.5. The average molecular weight is 297 g/mol. The Labute approximate surface area is 127 Å². The Morgan fingerprint density at radius 3 is 2.29 bits per heavy atom. The van der Waals surface area contributed by atoms with Crippen LogP contribution in [0.4, 0.5) is 16.2 Å². The number of hydrogen-bond donors (Lipinski definition) is 0. The van der Waals surface area contributed by atoms with Gasteiger partial charge in [0.1, 0.15) is 6.09 Å². The SMILES string of the molecule is O=C([O-])N(c1ccc(Cl)cc1)c1cccc2ccccc12. The fourth-order valence-electron chi connectivity index (χ4n) is 2.34. The molecule has 4 heteroatoms. The Hall–Kier alpha value is -2.52. The first-order chi connectivity index (χ1) is 10.2. The third kappa shape index (κ3) is 2.56. The third-order valence-electron chi connectivity index (χ3n) is 3.27. The molecule has 3 aromatic rings. The molecule has 0 radical (unpaired) electrons. The molecule has 104 valence electrons. The smallest absolute Gasteiger partial charge is 0.146 e. The van der Waals surface area contributed by atoms with Gasteiger partial charge >= 0.3 is 0 Å². The molecule has 0 aromatic heterocycles. The maximum Gasteiger partial charge on any atom is 0.146 e. The van der Waals surface area contributed by atoms with Crippen LogP contribution in [0.3, 0.4) is 0 Å². The monoisotopic (exact) mass is 296 g/mol. The lowest BCUT2D eigenvalue weighted by Gasteiger charge is -2.26. The van der Waals surface area contributed by atoms with Crippen LogP contribution in [-0.4, -0.2) is 6.09 Å². The van der Waals surface area contributed by atoms with Gasteiger partial charge in [0, 0.05) is 16.1 Å². The van der Waals surface area contributed by atoms with Crippen molar-refractivity contribution in [2.24, 2.45) is 0 Å². The number of fused-ring (bicyclic) bond motifs is 1. The van der Waals surface area contributed by atoms with Crippen LogP contribution in [0.15, 0.2) is 66.7 Å². The molecule has 3 aromatic carbocycles. The fourth-order valence-corrected chi connectivity index (χ4v) is 2.46. The largest absolute Gasteiger partial charge is 0.529 e. The van der Waals surface area contributed by atoms with Crippen LogP contribution in [0.25, 0.3) is 10.8 Å². The number of carbonyl (C=O) groups excluding carboxylic acids is 1. The highest BCUT2D eigenvalue weighted by Gasteiger charge is 2.13. The predicted octanol–water partition coefficient (Wildman–Crippen LogP) is 3.97. The summed E-state index contributed by atoms with van der Waals surface area (Å²) >= 11 is 5.86. The van der Waals surface area contributed by atoms with Crippen LogP contribution in [0.1, 0.15) is 0 Å². The molecule has 21 heavy (non-hydrogen) atoms. The normalized spacial score (nSPS) is 10.5. The van der Waals surface area contributed by atoms with E-state index in [2.05, 4.69) is 0 Å². The zero-order valence-electron chi connectivity index (χ0n) is 11.0. The summed E-state index contributed by atoms with van der Waals surface area (Å²) in [4.78, 5) is 12.8.